The standard InChI is InChI=1S/C25H35N3O3S/c1-18(2)22-7-6-8-23(19(3)4)25(22)26-24(29)17-27-13-15-28(16-14-27)32(30,31)21-11-9-20(5)10-12-21/h6-12,18-19H,13-17H2,1-5H3,(H,26,29)/p+1. The first kappa shape index (κ1) is 24.4. The topological polar surface area (TPSA) is 70.9 Å². The van der Waals surface area contributed by atoms with E-state index in [1.54, 1.807) is 12.1 Å². The van der Waals surface area contributed by atoms with E-state index in [1.807, 2.05) is 19.1 Å². The van der Waals surface area contributed by atoms with E-state index in [0.29, 0.717) is 49.5 Å². The van der Waals surface area contributed by atoms with Crippen LogP contribution in [0.4, 0.5) is 5.69 Å². The molecule has 0 radical (unpaired) electrons. The number of sulfonamides is 1. The number of carbonyl (C=O) groups excluding carboxylic acids is 1. The molecule has 2 aromatic rings. The Morgan fingerprint density at radius 2 is 1.50 bits per heavy atom. The number of para-hydroxylation sites is 1. The molecule has 0 unspecified atom stereocenters. The van der Waals surface area contributed by atoms with Crippen LogP contribution in [0.15, 0.2) is 47.4 Å². The minimum atomic E-state index is -3.49. The van der Waals surface area contributed by atoms with Crippen molar-refractivity contribution in [1.29, 1.82) is 0 Å². The summed E-state index contributed by atoms with van der Waals surface area (Å²) in [6.07, 6.45) is 0. The zero-order valence-corrected chi connectivity index (χ0v) is 20.6. The number of benzene rings is 2. The number of nitrogens with zero attached hydrogens (tertiary/aromatic N) is 1. The molecule has 0 bridgehead atoms. The Labute approximate surface area is 192 Å². The predicted octanol–water partition coefficient (Wildman–Crippen LogP) is 2.77. The van der Waals surface area contributed by atoms with Crippen molar-refractivity contribution in [3.63, 3.8) is 0 Å². The molecule has 0 aromatic heterocycles. The molecule has 0 aliphatic carbocycles. The van der Waals surface area contributed by atoms with Crippen molar-refractivity contribution in [3.05, 3.63) is 59.2 Å². The fraction of sp³-hybridized carbons (Fsp3) is 0.480. The van der Waals surface area contributed by atoms with Crippen LogP contribution >= 0.6 is 0 Å². The number of carbonyl (C=O) groups is 1. The molecule has 0 spiro atoms. The highest BCUT2D eigenvalue weighted by molar-refractivity contribution is 7.89. The summed E-state index contributed by atoms with van der Waals surface area (Å²) in [6.45, 7) is 12.9. The van der Waals surface area contributed by atoms with Gasteiger partial charge in [-0.15, -0.1) is 0 Å². The second-order valence-corrected chi connectivity index (χ2v) is 11.3. The molecule has 1 heterocycles. The zero-order chi connectivity index (χ0) is 23.5. The molecule has 7 heteroatoms. The van der Waals surface area contributed by atoms with Crippen molar-refractivity contribution in [3.8, 4) is 0 Å². The Kier molecular flexibility index (Phi) is 7.75. The van der Waals surface area contributed by atoms with E-state index >= 15 is 0 Å². The molecular formula is C25H36N3O3S+. The lowest BCUT2D eigenvalue weighted by atomic mass is 9.92. The summed E-state index contributed by atoms with van der Waals surface area (Å²) in [4.78, 5) is 14.3. The number of anilines is 1. The first-order chi connectivity index (χ1) is 15.1. The van der Waals surface area contributed by atoms with Crippen LogP contribution in [-0.2, 0) is 14.8 Å². The van der Waals surface area contributed by atoms with Gasteiger partial charge in [0, 0.05) is 5.69 Å². The fourth-order valence-corrected chi connectivity index (χ4v) is 5.63. The van der Waals surface area contributed by atoms with Crippen LogP contribution in [0.25, 0.3) is 0 Å². The number of nitrogens with one attached hydrogen (secondary N) is 2. The van der Waals surface area contributed by atoms with Gasteiger partial charge in [0.1, 0.15) is 0 Å². The molecule has 6 nitrogen and oxygen atoms in total. The summed E-state index contributed by atoms with van der Waals surface area (Å²) in [5.41, 5.74) is 4.26. The summed E-state index contributed by atoms with van der Waals surface area (Å²) in [5, 5.41) is 3.17. The van der Waals surface area contributed by atoms with Crippen LogP contribution in [0.1, 0.15) is 56.2 Å². The van der Waals surface area contributed by atoms with Crippen molar-refractivity contribution >= 4 is 21.6 Å². The second kappa shape index (κ2) is 10.1. The Hall–Kier alpha value is -2.22. The van der Waals surface area contributed by atoms with E-state index in [4.69, 9.17) is 0 Å². The quantitative estimate of drug-likeness (QED) is 0.670. The molecule has 1 saturated heterocycles. The largest absolute Gasteiger partial charge is 0.325 e. The summed E-state index contributed by atoms with van der Waals surface area (Å²) in [6, 6.07) is 13.2. The van der Waals surface area contributed by atoms with Gasteiger partial charge in [0.15, 0.2) is 6.54 Å². The Morgan fingerprint density at radius 3 is 2.00 bits per heavy atom. The highest BCUT2D eigenvalue weighted by Gasteiger charge is 2.31. The van der Waals surface area contributed by atoms with Crippen LogP contribution in [0, 0.1) is 6.92 Å². The number of hydrogen-bond donors (Lipinski definition) is 2. The number of aryl methyl sites for hydroxylation is 1. The molecule has 2 aromatic carbocycles. The van der Waals surface area contributed by atoms with Gasteiger partial charge in [-0.1, -0.05) is 63.6 Å². The summed E-state index contributed by atoms with van der Waals surface area (Å²) in [5.74, 6) is 0.601. The Balaban J connectivity index is 1.63. The first-order valence-corrected chi connectivity index (χ1v) is 12.9. The molecule has 1 aliphatic rings. The van der Waals surface area contributed by atoms with Gasteiger partial charge in [0.2, 0.25) is 10.0 Å². The molecule has 174 valence electrons. The molecule has 1 amide bonds. The summed E-state index contributed by atoms with van der Waals surface area (Å²) < 4.78 is 27.3. The number of rotatable bonds is 7. The molecular weight excluding hydrogens is 422 g/mol. The number of hydrogen-bond acceptors (Lipinski definition) is 3. The van der Waals surface area contributed by atoms with E-state index in [2.05, 4.69) is 51.2 Å². The first-order valence-electron chi connectivity index (χ1n) is 11.4. The summed E-state index contributed by atoms with van der Waals surface area (Å²) >= 11 is 0. The van der Waals surface area contributed by atoms with Crippen LogP contribution in [0.2, 0.25) is 0 Å². The highest BCUT2D eigenvalue weighted by atomic mass is 32.2. The third kappa shape index (κ3) is 5.57. The number of quaternary nitrogens is 1. The van der Waals surface area contributed by atoms with Gasteiger partial charge in [0.25, 0.3) is 5.91 Å². The van der Waals surface area contributed by atoms with Crippen LogP contribution < -0.4 is 10.2 Å². The van der Waals surface area contributed by atoms with Gasteiger partial charge >= 0.3 is 0 Å². The lowest BCUT2D eigenvalue weighted by Gasteiger charge is -2.31. The van der Waals surface area contributed by atoms with Crippen molar-refractivity contribution < 1.29 is 18.1 Å². The van der Waals surface area contributed by atoms with E-state index < -0.39 is 10.0 Å². The van der Waals surface area contributed by atoms with Crippen molar-refractivity contribution in [2.45, 2.75) is 51.3 Å². The van der Waals surface area contributed by atoms with E-state index in [0.717, 1.165) is 27.3 Å². The van der Waals surface area contributed by atoms with Gasteiger partial charge in [-0.2, -0.15) is 4.31 Å². The average Bonchev–Trinajstić information content (AvgIpc) is 2.74. The van der Waals surface area contributed by atoms with E-state index in [1.165, 1.54) is 4.31 Å². The third-order valence-corrected chi connectivity index (χ3v) is 8.05. The van der Waals surface area contributed by atoms with Gasteiger partial charge < -0.3 is 10.2 Å². The predicted molar refractivity (Wildman–Crippen MR) is 129 cm³/mol. The lowest BCUT2D eigenvalue weighted by molar-refractivity contribution is -0.895. The maximum atomic E-state index is 12.9. The van der Waals surface area contributed by atoms with Crippen molar-refractivity contribution in [2.75, 3.05) is 38.0 Å². The highest BCUT2D eigenvalue weighted by Crippen LogP contribution is 2.32. The fourth-order valence-electron chi connectivity index (χ4n) is 4.18. The Bertz CT molecular complexity index is 1010. The SMILES string of the molecule is Cc1ccc(S(=O)(=O)N2CC[NH+](CC(=O)Nc3c(C(C)C)cccc3C(C)C)CC2)cc1. The molecule has 0 atom stereocenters. The van der Waals surface area contributed by atoms with Gasteiger partial charge in [-0.3, -0.25) is 4.79 Å². The van der Waals surface area contributed by atoms with Crippen LogP contribution in [-0.4, -0.2) is 51.4 Å². The monoisotopic (exact) mass is 458 g/mol. The third-order valence-electron chi connectivity index (χ3n) is 6.14. The van der Waals surface area contributed by atoms with Gasteiger partial charge in [0.05, 0.1) is 31.1 Å². The molecule has 0 saturated carbocycles. The average molecular weight is 459 g/mol. The molecule has 3 rings (SSSR count). The maximum absolute atomic E-state index is 12.9. The number of amides is 1. The zero-order valence-electron chi connectivity index (χ0n) is 19.8. The van der Waals surface area contributed by atoms with Crippen LogP contribution in [0.5, 0.6) is 0 Å². The summed E-state index contributed by atoms with van der Waals surface area (Å²) in [7, 11) is -3.49. The second-order valence-electron chi connectivity index (χ2n) is 9.31. The minimum Gasteiger partial charge on any atom is -0.325 e. The van der Waals surface area contributed by atoms with Crippen molar-refractivity contribution in [1.82, 2.24) is 4.31 Å². The number of piperazine rings is 1. The normalized spacial score (nSPS) is 16.0. The molecule has 1 aliphatic heterocycles. The van der Waals surface area contributed by atoms with E-state index in [9.17, 15) is 13.2 Å². The molecule has 2 N–H and O–H groups in total. The van der Waals surface area contributed by atoms with Crippen LogP contribution in [0.3, 0.4) is 0 Å². The van der Waals surface area contributed by atoms with E-state index in [-0.39, 0.29) is 5.91 Å². The van der Waals surface area contributed by atoms with Gasteiger partial charge in [-0.25, -0.2) is 8.42 Å². The van der Waals surface area contributed by atoms with Gasteiger partial charge in [-0.05, 0) is 42.0 Å². The smallest absolute Gasteiger partial charge is 0.279 e. The van der Waals surface area contributed by atoms with Crippen molar-refractivity contribution in [2.24, 2.45) is 0 Å². The molecule has 32 heavy (non-hydrogen) atoms. The lowest BCUT2D eigenvalue weighted by Crippen LogP contribution is -3.15. The minimum absolute atomic E-state index is 0.0233. The maximum Gasteiger partial charge on any atom is 0.279 e. The molecule has 1 fully saturated rings. The Morgan fingerprint density at radius 1 is 0.969 bits per heavy atom.